The number of piperidine rings is 1. The fourth-order valence-corrected chi connectivity index (χ4v) is 5.24. The van der Waals surface area contributed by atoms with E-state index in [0.717, 1.165) is 21.5 Å². The first-order valence-corrected chi connectivity index (χ1v) is 12.4. The second kappa shape index (κ2) is 10.2. The Morgan fingerprint density at radius 1 is 1.21 bits per heavy atom. The Balaban J connectivity index is 1.68. The number of rotatable bonds is 3. The van der Waals surface area contributed by atoms with Crippen molar-refractivity contribution in [3.63, 3.8) is 0 Å². The van der Waals surface area contributed by atoms with Gasteiger partial charge in [0.15, 0.2) is 0 Å². The zero-order valence-electron chi connectivity index (χ0n) is 19.4. The van der Waals surface area contributed by atoms with Crippen LogP contribution in [0.1, 0.15) is 57.0 Å². The van der Waals surface area contributed by atoms with Gasteiger partial charge in [0.2, 0.25) is 0 Å². The fourth-order valence-electron chi connectivity index (χ4n) is 3.67. The fraction of sp³-hybridized carbons (Fsp3) is 0.478. The molecule has 0 saturated carbocycles. The molecule has 3 heterocycles. The lowest BCUT2D eigenvalue weighted by molar-refractivity contribution is -0.146. The minimum Gasteiger partial charge on any atom is -0.444 e. The van der Waals surface area contributed by atoms with E-state index in [9.17, 15) is 14.4 Å². The molecule has 2 atom stereocenters. The molecule has 0 radical (unpaired) electrons. The van der Waals surface area contributed by atoms with Crippen molar-refractivity contribution in [2.75, 3.05) is 17.2 Å². The second-order valence-corrected chi connectivity index (χ2v) is 11.8. The van der Waals surface area contributed by atoms with Gasteiger partial charge in [-0.05, 0) is 86.1 Å². The summed E-state index contributed by atoms with van der Waals surface area (Å²) >= 11 is 5.06. The number of pyridine rings is 1. The molecule has 1 aliphatic rings. The number of amides is 3. The van der Waals surface area contributed by atoms with Crippen molar-refractivity contribution in [2.45, 2.75) is 59.1 Å². The molecule has 178 valence electrons. The normalized spacial score (nSPS) is 18.5. The molecule has 1 fully saturated rings. The highest BCUT2D eigenvalue weighted by molar-refractivity contribution is 9.11. The predicted octanol–water partition coefficient (Wildman–Crippen LogP) is 5.50. The van der Waals surface area contributed by atoms with Crippen molar-refractivity contribution in [3.8, 4) is 0 Å². The molecule has 0 bridgehead atoms. The first kappa shape index (κ1) is 25.2. The molecule has 3 amide bonds. The van der Waals surface area contributed by atoms with Crippen LogP contribution in [0, 0.1) is 12.8 Å². The third-order valence-electron chi connectivity index (χ3n) is 5.15. The predicted molar refractivity (Wildman–Crippen MR) is 132 cm³/mol. The number of nitrogens with zero attached hydrogens (tertiary/aromatic N) is 2. The van der Waals surface area contributed by atoms with Crippen LogP contribution in [-0.2, 0) is 14.3 Å². The zero-order chi connectivity index (χ0) is 24.3. The van der Waals surface area contributed by atoms with Crippen LogP contribution in [0.3, 0.4) is 0 Å². The maximum absolute atomic E-state index is 13.1. The lowest BCUT2D eigenvalue weighted by Gasteiger charge is -2.37. The molecule has 33 heavy (non-hydrogen) atoms. The summed E-state index contributed by atoms with van der Waals surface area (Å²) in [5.74, 6) is -0.631. The molecule has 0 aromatic carbocycles. The molecular weight excluding hydrogens is 508 g/mol. The average molecular weight is 537 g/mol. The molecule has 0 aliphatic carbocycles. The lowest BCUT2D eigenvalue weighted by Crippen LogP contribution is -2.46. The van der Waals surface area contributed by atoms with Gasteiger partial charge in [0.05, 0.1) is 21.7 Å². The summed E-state index contributed by atoms with van der Waals surface area (Å²) in [6.45, 7) is 9.67. The summed E-state index contributed by atoms with van der Waals surface area (Å²) in [7, 11) is 0. The molecule has 1 saturated heterocycles. The number of anilines is 2. The van der Waals surface area contributed by atoms with Gasteiger partial charge in [-0.15, -0.1) is 11.3 Å². The van der Waals surface area contributed by atoms with E-state index in [0.29, 0.717) is 29.5 Å². The Bertz CT molecular complexity index is 1050. The Hall–Kier alpha value is -2.46. The number of aromatic nitrogens is 1. The smallest absolute Gasteiger partial charge is 0.413 e. The number of hydrogen-bond donors (Lipinski definition) is 2. The van der Waals surface area contributed by atoms with Crippen LogP contribution in [-0.4, -0.2) is 39.9 Å². The maximum Gasteiger partial charge on any atom is 0.413 e. The van der Waals surface area contributed by atoms with E-state index in [4.69, 9.17) is 4.74 Å². The van der Waals surface area contributed by atoms with Crippen molar-refractivity contribution in [1.29, 1.82) is 0 Å². The summed E-state index contributed by atoms with van der Waals surface area (Å²) in [5.41, 5.74) is 0.370. The van der Waals surface area contributed by atoms with Crippen LogP contribution < -0.4 is 10.6 Å². The highest BCUT2D eigenvalue weighted by atomic mass is 79.9. The van der Waals surface area contributed by atoms with E-state index in [2.05, 4.69) is 38.5 Å². The number of thiophene rings is 1. The van der Waals surface area contributed by atoms with Crippen LogP contribution in [0.25, 0.3) is 0 Å². The van der Waals surface area contributed by atoms with Gasteiger partial charge in [0.1, 0.15) is 11.4 Å². The van der Waals surface area contributed by atoms with E-state index < -0.39 is 23.5 Å². The Kier molecular flexibility index (Phi) is 7.79. The average Bonchev–Trinajstić information content (AvgIpc) is 3.14. The molecule has 2 aromatic heterocycles. The van der Waals surface area contributed by atoms with Gasteiger partial charge < -0.3 is 15.0 Å². The summed E-state index contributed by atoms with van der Waals surface area (Å²) in [4.78, 5) is 44.8. The first-order chi connectivity index (χ1) is 15.4. The minimum absolute atomic E-state index is 0.115. The van der Waals surface area contributed by atoms with Gasteiger partial charge in [0.25, 0.3) is 0 Å². The second-order valence-electron chi connectivity index (χ2n) is 9.27. The zero-order valence-corrected chi connectivity index (χ0v) is 21.8. The highest BCUT2D eigenvalue weighted by Crippen LogP contribution is 2.38. The third kappa shape index (κ3) is 6.77. The van der Waals surface area contributed by atoms with Crippen molar-refractivity contribution >= 4 is 56.7 Å². The van der Waals surface area contributed by atoms with Crippen LogP contribution in [0.2, 0.25) is 0 Å². The lowest BCUT2D eigenvalue weighted by atomic mass is 9.93. The number of aryl methyl sites for hydroxylation is 1. The van der Waals surface area contributed by atoms with E-state index in [1.807, 2.05) is 12.1 Å². The molecule has 2 aromatic rings. The number of halogens is 1. The molecule has 3 rings (SSSR count). The Morgan fingerprint density at radius 2 is 1.94 bits per heavy atom. The number of hydrogen-bond acceptors (Lipinski definition) is 6. The molecule has 1 aliphatic heterocycles. The molecule has 0 spiro atoms. The SMILES string of the molecule is Cc1cc(NC(=O)C(=O)N2CC(C)CCC2c2ccc(Br)s2)cnc1NC(=O)OC(C)(C)C. The van der Waals surface area contributed by atoms with Gasteiger partial charge in [-0.1, -0.05) is 6.92 Å². The standard InChI is InChI=1S/C23H29BrN4O4S/c1-13-6-7-16(17-8-9-18(24)33-17)28(12-13)21(30)20(29)26-15-10-14(2)19(25-11-15)27-22(31)32-23(3,4)5/h8-11,13,16H,6-7,12H2,1-5H3,(H,26,29)(H,25,27,31). The number of nitrogens with one attached hydrogen (secondary N) is 2. The molecule has 2 unspecified atom stereocenters. The van der Waals surface area contributed by atoms with Gasteiger partial charge in [-0.3, -0.25) is 14.9 Å². The Morgan fingerprint density at radius 3 is 2.55 bits per heavy atom. The molecule has 8 nitrogen and oxygen atoms in total. The quantitative estimate of drug-likeness (QED) is 0.504. The van der Waals surface area contributed by atoms with Crippen LogP contribution in [0.15, 0.2) is 28.2 Å². The maximum atomic E-state index is 13.1. The summed E-state index contributed by atoms with van der Waals surface area (Å²) in [5, 5.41) is 5.24. The molecule has 10 heteroatoms. The number of ether oxygens (including phenoxy) is 1. The van der Waals surface area contributed by atoms with Gasteiger partial charge >= 0.3 is 17.9 Å². The minimum atomic E-state index is -0.709. The molecular formula is C23H29BrN4O4S. The largest absolute Gasteiger partial charge is 0.444 e. The number of likely N-dealkylation sites (tertiary alicyclic amines) is 1. The van der Waals surface area contributed by atoms with Crippen molar-refractivity contribution in [3.05, 3.63) is 38.6 Å². The van der Waals surface area contributed by atoms with Crippen LogP contribution in [0.4, 0.5) is 16.3 Å². The van der Waals surface area contributed by atoms with E-state index >= 15 is 0 Å². The summed E-state index contributed by atoms with van der Waals surface area (Å²) in [6.07, 6.45) is 2.60. The molecule has 2 N–H and O–H groups in total. The third-order valence-corrected chi connectivity index (χ3v) is 6.88. The van der Waals surface area contributed by atoms with Gasteiger partial charge in [-0.25, -0.2) is 9.78 Å². The topological polar surface area (TPSA) is 101 Å². The summed E-state index contributed by atoms with van der Waals surface area (Å²) in [6, 6.07) is 5.49. The number of carbonyl (C=O) groups is 3. The van der Waals surface area contributed by atoms with E-state index in [1.54, 1.807) is 50.0 Å². The van der Waals surface area contributed by atoms with Gasteiger partial charge in [-0.2, -0.15) is 0 Å². The van der Waals surface area contributed by atoms with Crippen LogP contribution >= 0.6 is 27.3 Å². The van der Waals surface area contributed by atoms with Crippen molar-refractivity contribution in [2.24, 2.45) is 5.92 Å². The monoisotopic (exact) mass is 536 g/mol. The summed E-state index contributed by atoms with van der Waals surface area (Å²) < 4.78 is 6.23. The number of carbonyl (C=O) groups excluding carboxylic acids is 3. The van der Waals surface area contributed by atoms with E-state index in [1.165, 1.54) is 6.20 Å². The van der Waals surface area contributed by atoms with E-state index in [-0.39, 0.29) is 6.04 Å². The van der Waals surface area contributed by atoms with Crippen molar-refractivity contribution < 1.29 is 19.1 Å². The first-order valence-electron chi connectivity index (χ1n) is 10.8. The van der Waals surface area contributed by atoms with Crippen LogP contribution in [0.5, 0.6) is 0 Å². The highest BCUT2D eigenvalue weighted by Gasteiger charge is 2.35. The van der Waals surface area contributed by atoms with Crippen molar-refractivity contribution in [1.82, 2.24) is 9.88 Å². The Labute approximate surface area is 206 Å². The van der Waals surface area contributed by atoms with Gasteiger partial charge in [0, 0.05) is 11.4 Å².